The topological polar surface area (TPSA) is 41.6 Å². The van der Waals surface area contributed by atoms with Crippen LogP contribution in [-0.4, -0.2) is 15.8 Å². The van der Waals surface area contributed by atoms with Crippen molar-refractivity contribution in [3.63, 3.8) is 0 Å². The SMILES string of the molecule is CSc1cccc(-n2cnc3cc(C)c(C)cc32)c1C#N. The molecule has 0 aliphatic heterocycles. The van der Waals surface area contributed by atoms with Gasteiger partial charge in [-0.1, -0.05) is 6.07 Å². The van der Waals surface area contributed by atoms with Crippen LogP contribution in [0, 0.1) is 25.2 Å². The van der Waals surface area contributed by atoms with Gasteiger partial charge in [0.25, 0.3) is 0 Å². The van der Waals surface area contributed by atoms with E-state index in [1.165, 1.54) is 11.1 Å². The van der Waals surface area contributed by atoms with Crippen LogP contribution in [0.1, 0.15) is 16.7 Å². The molecule has 0 radical (unpaired) electrons. The fraction of sp³-hybridized carbons (Fsp3) is 0.176. The molecule has 0 spiro atoms. The number of imidazole rings is 1. The predicted molar refractivity (Wildman–Crippen MR) is 87.0 cm³/mol. The molecule has 3 rings (SSSR count). The Hall–Kier alpha value is -2.25. The normalized spacial score (nSPS) is 10.8. The van der Waals surface area contributed by atoms with E-state index in [1.807, 2.05) is 29.0 Å². The molecule has 0 fully saturated rings. The molecule has 0 amide bonds. The van der Waals surface area contributed by atoms with E-state index < -0.39 is 0 Å². The highest BCUT2D eigenvalue weighted by Crippen LogP contribution is 2.28. The first-order valence-corrected chi connectivity index (χ1v) is 7.90. The Labute approximate surface area is 128 Å². The Balaban J connectivity index is 2.32. The third-order valence-electron chi connectivity index (χ3n) is 3.76. The van der Waals surface area contributed by atoms with Gasteiger partial charge in [-0.3, -0.25) is 4.57 Å². The molecule has 1 heterocycles. The standard InChI is InChI=1S/C17H15N3S/c1-11-7-14-16(8-12(11)2)20(10-19-14)15-5-4-6-17(21-3)13(15)9-18/h4-8,10H,1-3H3. The van der Waals surface area contributed by atoms with Gasteiger partial charge >= 0.3 is 0 Å². The van der Waals surface area contributed by atoms with E-state index >= 15 is 0 Å². The molecule has 3 nitrogen and oxygen atoms in total. The number of aryl methyl sites for hydroxylation is 2. The number of aromatic nitrogens is 2. The summed E-state index contributed by atoms with van der Waals surface area (Å²) in [5.41, 5.74) is 6.02. The van der Waals surface area contributed by atoms with Gasteiger partial charge in [0, 0.05) is 4.90 Å². The summed E-state index contributed by atoms with van der Waals surface area (Å²) in [6.07, 6.45) is 3.78. The van der Waals surface area contributed by atoms with Crippen molar-refractivity contribution >= 4 is 22.8 Å². The van der Waals surface area contributed by atoms with Crippen LogP contribution < -0.4 is 0 Å². The lowest BCUT2D eigenvalue weighted by Gasteiger charge is -2.10. The van der Waals surface area contributed by atoms with Gasteiger partial charge in [-0.2, -0.15) is 5.26 Å². The fourth-order valence-corrected chi connectivity index (χ4v) is 3.03. The highest BCUT2D eigenvalue weighted by atomic mass is 32.2. The molecule has 0 unspecified atom stereocenters. The summed E-state index contributed by atoms with van der Waals surface area (Å²) in [5, 5.41) is 9.50. The number of nitrogens with zero attached hydrogens (tertiary/aromatic N) is 3. The van der Waals surface area contributed by atoms with Crippen molar-refractivity contribution in [2.24, 2.45) is 0 Å². The minimum atomic E-state index is 0.697. The number of thioether (sulfide) groups is 1. The first-order chi connectivity index (χ1) is 10.2. The van der Waals surface area contributed by atoms with E-state index in [0.717, 1.165) is 21.6 Å². The van der Waals surface area contributed by atoms with Crippen molar-refractivity contribution in [2.45, 2.75) is 18.7 Å². The first kappa shape index (κ1) is 13.7. The van der Waals surface area contributed by atoms with Crippen LogP contribution in [0.5, 0.6) is 0 Å². The van der Waals surface area contributed by atoms with E-state index in [0.29, 0.717) is 5.56 Å². The quantitative estimate of drug-likeness (QED) is 0.664. The molecule has 2 aromatic carbocycles. The van der Waals surface area contributed by atoms with E-state index in [4.69, 9.17) is 0 Å². The third-order valence-corrected chi connectivity index (χ3v) is 4.54. The van der Waals surface area contributed by atoms with Crippen LogP contribution in [0.2, 0.25) is 0 Å². The van der Waals surface area contributed by atoms with Gasteiger partial charge in [0.1, 0.15) is 12.4 Å². The molecule has 0 aliphatic carbocycles. The van der Waals surface area contributed by atoms with Crippen molar-refractivity contribution in [3.8, 4) is 11.8 Å². The molecule has 0 bridgehead atoms. The van der Waals surface area contributed by atoms with Gasteiger partial charge in [-0.15, -0.1) is 11.8 Å². The van der Waals surface area contributed by atoms with Gasteiger partial charge in [0.15, 0.2) is 0 Å². The Kier molecular flexibility index (Phi) is 3.44. The first-order valence-electron chi connectivity index (χ1n) is 6.67. The van der Waals surface area contributed by atoms with Gasteiger partial charge in [-0.05, 0) is 55.5 Å². The van der Waals surface area contributed by atoms with Crippen LogP contribution in [0.15, 0.2) is 41.6 Å². The number of hydrogen-bond acceptors (Lipinski definition) is 3. The average molecular weight is 293 g/mol. The highest BCUT2D eigenvalue weighted by molar-refractivity contribution is 7.98. The van der Waals surface area contributed by atoms with Crippen LogP contribution in [0.4, 0.5) is 0 Å². The van der Waals surface area contributed by atoms with Crippen molar-refractivity contribution in [2.75, 3.05) is 6.26 Å². The molecule has 0 aliphatic rings. The van der Waals surface area contributed by atoms with E-state index in [2.05, 4.69) is 37.0 Å². The molecule has 104 valence electrons. The monoisotopic (exact) mass is 293 g/mol. The summed E-state index contributed by atoms with van der Waals surface area (Å²) in [6.45, 7) is 4.18. The van der Waals surface area contributed by atoms with E-state index in [1.54, 1.807) is 18.1 Å². The molecule has 4 heteroatoms. The zero-order valence-corrected chi connectivity index (χ0v) is 13.0. The molecule has 1 aromatic heterocycles. The summed E-state index contributed by atoms with van der Waals surface area (Å²) in [4.78, 5) is 5.46. The van der Waals surface area contributed by atoms with Gasteiger partial charge in [0.05, 0.1) is 22.3 Å². The molecule has 21 heavy (non-hydrogen) atoms. The zero-order valence-electron chi connectivity index (χ0n) is 12.2. The number of fused-ring (bicyclic) bond motifs is 1. The molecule has 0 saturated carbocycles. The number of hydrogen-bond donors (Lipinski definition) is 0. The second-order valence-corrected chi connectivity index (χ2v) is 5.85. The van der Waals surface area contributed by atoms with Gasteiger partial charge in [0.2, 0.25) is 0 Å². The largest absolute Gasteiger partial charge is 0.297 e. The number of rotatable bonds is 2. The molecule has 0 atom stereocenters. The third kappa shape index (κ3) is 2.20. The van der Waals surface area contributed by atoms with E-state index in [9.17, 15) is 5.26 Å². The average Bonchev–Trinajstić information content (AvgIpc) is 2.89. The van der Waals surface area contributed by atoms with Gasteiger partial charge < -0.3 is 0 Å². The zero-order chi connectivity index (χ0) is 15.0. The van der Waals surface area contributed by atoms with Crippen molar-refractivity contribution in [3.05, 3.63) is 53.3 Å². The fourth-order valence-electron chi connectivity index (χ4n) is 2.46. The minimum Gasteiger partial charge on any atom is -0.297 e. The Morgan fingerprint density at radius 3 is 2.67 bits per heavy atom. The maximum Gasteiger partial charge on any atom is 0.103 e. The Morgan fingerprint density at radius 1 is 1.19 bits per heavy atom. The van der Waals surface area contributed by atoms with Crippen LogP contribution >= 0.6 is 11.8 Å². The number of benzene rings is 2. The predicted octanol–water partition coefficient (Wildman–Crippen LogP) is 4.24. The summed E-state index contributed by atoms with van der Waals surface area (Å²) in [7, 11) is 0. The lowest BCUT2D eigenvalue weighted by Crippen LogP contribution is -1.97. The molecular weight excluding hydrogens is 278 g/mol. The van der Waals surface area contributed by atoms with Crippen molar-refractivity contribution in [1.29, 1.82) is 5.26 Å². The second kappa shape index (κ2) is 5.27. The van der Waals surface area contributed by atoms with Gasteiger partial charge in [-0.25, -0.2) is 4.98 Å². The molecule has 0 saturated heterocycles. The van der Waals surface area contributed by atoms with Crippen molar-refractivity contribution < 1.29 is 0 Å². The van der Waals surface area contributed by atoms with Crippen LogP contribution in [0.3, 0.4) is 0 Å². The lowest BCUT2D eigenvalue weighted by atomic mass is 10.1. The number of nitriles is 1. The molecule has 0 N–H and O–H groups in total. The Bertz CT molecular complexity index is 872. The maximum atomic E-state index is 9.50. The summed E-state index contributed by atoms with van der Waals surface area (Å²) < 4.78 is 2.00. The summed E-state index contributed by atoms with van der Waals surface area (Å²) >= 11 is 1.59. The van der Waals surface area contributed by atoms with Crippen LogP contribution in [0.25, 0.3) is 16.7 Å². The molecular formula is C17H15N3S. The van der Waals surface area contributed by atoms with Crippen molar-refractivity contribution in [1.82, 2.24) is 9.55 Å². The smallest absolute Gasteiger partial charge is 0.103 e. The van der Waals surface area contributed by atoms with E-state index in [-0.39, 0.29) is 0 Å². The lowest BCUT2D eigenvalue weighted by molar-refractivity contribution is 1.07. The maximum absolute atomic E-state index is 9.50. The summed E-state index contributed by atoms with van der Waals surface area (Å²) in [6, 6.07) is 12.5. The minimum absolute atomic E-state index is 0.697. The summed E-state index contributed by atoms with van der Waals surface area (Å²) in [5.74, 6) is 0. The Morgan fingerprint density at radius 2 is 1.95 bits per heavy atom. The second-order valence-electron chi connectivity index (χ2n) is 5.01. The molecule has 3 aromatic rings. The highest BCUT2D eigenvalue weighted by Gasteiger charge is 2.12. The van der Waals surface area contributed by atoms with Crippen LogP contribution in [-0.2, 0) is 0 Å².